The zero-order valence-corrected chi connectivity index (χ0v) is 7.74. The van der Waals surface area contributed by atoms with E-state index in [0.29, 0.717) is 12.8 Å². The van der Waals surface area contributed by atoms with Gasteiger partial charge >= 0.3 is 0 Å². The molecular weight excluding hydrogens is 166 g/mol. The lowest BCUT2D eigenvalue weighted by Crippen LogP contribution is -2.43. The minimum atomic E-state index is 0.214. The van der Waals surface area contributed by atoms with Crippen molar-refractivity contribution in [1.29, 1.82) is 0 Å². The molecule has 1 heterocycles. The van der Waals surface area contributed by atoms with Crippen molar-refractivity contribution < 1.29 is 9.53 Å². The number of hydrogen-bond acceptors (Lipinski definition) is 3. The lowest BCUT2D eigenvalue weighted by atomic mass is 10.1. The van der Waals surface area contributed by atoms with E-state index in [4.69, 9.17) is 11.2 Å². The minimum Gasteiger partial charge on any atom is -0.379 e. The highest BCUT2D eigenvalue weighted by Crippen LogP contribution is 2.09. The van der Waals surface area contributed by atoms with Crippen LogP contribution in [0.5, 0.6) is 0 Å². The van der Waals surface area contributed by atoms with E-state index in [2.05, 4.69) is 10.8 Å². The van der Waals surface area contributed by atoms with Crippen LogP contribution in [-0.4, -0.2) is 43.5 Å². The molecular formula is C10H15NO2. The maximum Gasteiger partial charge on any atom is 0.121 e. The number of ether oxygens (including phenoxy) is 1. The van der Waals surface area contributed by atoms with Crippen molar-refractivity contribution in [2.24, 2.45) is 0 Å². The third kappa shape index (κ3) is 3.17. The van der Waals surface area contributed by atoms with Crippen LogP contribution in [-0.2, 0) is 9.53 Å². The predicted molar refractivity (Wildman–Crippen MR) is 50.3 cm³/mol. The summed E-state index contributed by atoms with van der Waals surface area (Å²) in [5.41, 5.74) is 0. The normalized spacial score (nSPS) is 20.5. The standard InChI is InChI=1S/C10H15NO2/c1-2-3-10(4-7-12)11-5-8-13-9-6-11/h1,7,10H,3-6,8-9H2. The van der Waals surface area contributed by atoms with Crippen molar-refractivity contribution in [3.8, 4) is 12.3 Å². The Balaban J connectivity index is 2.41. The smallest absolute Gasteiger partial charge is 0.121 e. The SMILES string of the molecule is C#CCC(CC=O)N1CCOCC1. The summed E-state index contributed by atoms with van der Waals surface area (Å²) in [5.74, 6) is 2.61. The number of morpholine rings is 1. The van der Waals surface area contributed by atoms with Crippen molar-refractivity contribution in [1.82, 2.24) is 4.90 Å². The summed E-state index contributed by atoms with van der Waals surface area (Å²) in [5, 5.41) is 0. The van der Waals surface area contributed by atoms with Crippen LogP contribution in [0.4, 0.5) is 0 Å². The quantitative estimate of drug-likeness (QED) is 0.461. The molecule has 1 aliphatic rings. The first kappa shape index (κ1) is 10.2. The third-order valence-corrected chi connectivity index (χ3v) is 2.28. The number of nitrogens with zero attached hydrogens (tertiary/aromatic N) is 1. The Morgan fingerprint density at radius 1 is 1.54 bits per heavy atom. The number of hydrogen-bond donors (Lipinski definition) is 0. The number of terminal acetylenes is 1. The maximum absolute atomic E-state index is 10.4. The molecule has 0 amide bonds. The molecule has 0 aromatic heterocycles. The van der Waals surface area contributed by atoms with Crippen molar-refractivity contribution in [3.05, 3.63) is 0 Å². The van der Waals surface area contributed by atoms with Gasteiger partial charge in [0.25, 0.3) is 0 Å². The Labute approximate surface area is 79.1 Å². The highest BCUT2D eigenvalue weighted by molar-refractivity contribution is 5.50. The van der Waals surface area contributed by atoms with Crippen LogP contribution in [0, 0.1) is 12.3 Å². The Bertz CT molecular complexity index is 192. The molecule has 0 radical (unpaired) electrons. The zero-order valence-electron chi connectivity index (χ0n) is 7.74. The molecule has 3 heteroatoms. The molecule has 1 aliphatic heterocycles. The van der Waals surface area contributed by atoms with Gasteiger partial charge in [0.05, 0.1) is 13.2 Å². The third-order valence-electron chi connectivity index (χ3n) is 2.28. The number of aldehydes is 1. The van der Waals surface area contributed by atoms with Crippen LogP contribution in [0.15, 0.2) is 0 Å². The van der Waals surface area contributed by atoms with Gasteiger partial charge < -0.3 is 9.53 Å². The van der Waals surface area contributed by atoms with E-state index in [1.807, 2.05) is 0 Å². The van der Waals surface area contributed by atoms with E-state index in [1.54, 1.807) is 0 Å². The molecule has 1 atom stereocenters. The summed E-state index contributed by atoms with van der Waals surface area (Å²) in [4.78, 5) is 12.6. The second kappa shape index (κ2) is 5.74. The lowest BCUT2D eigenvalue weighted by molar-refractivity contribution is -0.109. The molecule has 3 nitrogen and oxygen atoms in total. The second-order valence-electron chi connectivity index (χ2n) is 3.11. The van der Waals surface area contributed by atoms with Gasteiger partial charge in [-0.15, -0.1) is 12.3 Å². The molecule has 1 saturated heterocycles. The van der Waals surface area contributed by atoms with Gasteiger partial charge in [0.15, 0.2) is 0 Å². The van der Waals surface area contributed by atoms with Gasteiger partial charge in [-0.1, -0.05) is 0 Å². The van der Waals surface area contributed by atoms with Gasteiger partial charge in [-0.3, -0.25) is 4.90 Å². The van der Waals surface area contributed by atoms with Crippen molar-refractivity contribution >= 4 is 6.29 Å². The van der Waals surface area contributed by atoms with E-state index in [9.17, 15) is 4.79 Å². The van der Waals surface area contributed by atoms with E-state index >= 15 is 0 Å². The summed E-state index contributed by atoms with van der Waals surface area (Å²) >= 11 is 0. The molecule has 0 aliphatic carbocycles. The van der Waals surface area contributed by atoms with E-state index in [0.717, 1.165) is 32.6 Å². The van der Waals surface area contributed by atoms with E-state index in [1.165, 1.54) is 0 Å². The topological polar surface area (TPSA) is 29.5 Å². The van der Waals surface area contributed by atoms with Gasteiger partial charge in [-0.25, -0.2) is 0 Å². The summed E-state index contributed by atoms with van der Waals surface area (Å²) in [6.07, 6.45) is 7.37. The largest absolute Gasteiger partial charge is 0.379 e. The molecule has 1 rings (SSSR count). The Morgan fingerprint density at radius 3 is 2.77 bits per heavy atom. The van der Waals surface area contributed by atoms with Gasteiger partial charge in [-0.2, -0.15) is 0 Å². The molecule has 13 heavy (non-hydrogen) atoms. The highest BCUT2D eigenvalue weighted by atomic mass is 16.5. The lowest BCUT2D eigenvalue weighted by Gasteiger charge is -2.32. The zero-order chi connectivity index (χ0) is 9.52. The molecule has 72 valence electrons. The van der Waals surface area contributed by atoms with Crippen molar-refractivity contribution in [2.75, 3.05) is 26.3 Å². The Kier molecular flexibility index (Phi) is 4.52. The molecule has 1 unspecified atom stereocenters. The Morgan fingerprint density at radius 2 is 2.23 bits per heavy atom. The Hall–Kier alpha value is -0.850. The van der Waals surface area contributed by atoms with Crippen LogP contribution < -0.4 is 0 Å². The minimum absolute atomic E-state index is 0.214. The summed E-state index contributed by atoms with van der Waals surface area (Å²) in [6.45, 7) is 3.28. The van der Waals surface area contributed by atoms with Crippen LogP contribution in [0.1, 0.15) is 12.8 Å². The fraction of sp³-hybridized carbons (Fsp3) is 0.700. The van der Waals surface area contributed by atoms with Crippen molar-refractivity contribution in [3.63, 3.8) is 0 Å². The van der Waals surface area contributed by atoms with Crippen LogP contribution >= 0.6 is 0 Å². The number of carbonyl (C=O) groups excluding carboxylic acids is 1. The van der Waals surface area contributed by atoms with Crippen LogP contribution in [0.3, 0.4) is 0 Å². The van der Waals surface area contributed by atoms with E-state index < -0.39 is 0 Å². The monoisotopic (exact) mass is 181 g/mol. The molecule has 0 aromatic rings. The fourth-order valence-corrected chi connectivity index (χ4v) is 1.55. The molecule has 0 bridgehead atoms. The molecule has 0 spiro atoms. The van der Waals surface area contributed by atoms with Gasteiger partial charge in [0.2, 0.25) is 0 Å². The molecule has 1 fully saturated rings. The van der Waals surface area contributed by atoms with Crippen LogP contribution in [0.25, 0.3) is 0 Å². The maximum atomic E-state index is 10.4. The number of carbonyl (C=O) groups is 1. The van der Waals surface area contributed by atoms with Crippen LogP contribution in [0.2, 0.25) is 0 Å². The van der Waals surface area contributed by atoms with Gasteiger partial charge in [-0.05, 0) is 0 Å². The molecule has 0 N–H and O–H groups in total. The number of rotatable bonds is 4. The summed E-state index contributed by atoms with van der Waals surface area (Å²) in [7, 11) is 0. The summed E-state index contributed by atoms with van der Waals surface area (Å²) in [6, 6.07) is 0.214. The van der Waals surface area contributed by atoms with Gasteiger partial charge in [0, 0.05) is 32.0 Å². The first-order chi connectivity index (χ1) is 6.38. The van der Waals surface area contributed by atoms with E-state index in [-0.39, 0.29) is 6.04 Å². The van der Waals surface area contributed by atoms with Crippen molar-refractivity contribution in [2.45, 2.75) is 18.9 Å². The van der Waals surface area contributed by atoms with Gasteiger partial charge in [0.1, 0.15) is 6.29 Å². The summed E-state index contributed by atoms with van der Waals surface area (Å²) < 4.78 is 5.22. The highest BCUT2D eigenvalue weighted by Gasteiger charge is 2.19. The molecule has 0 aromatic carbocycles. The molecule has 0 saturated carbocycles. The second-order valence-corrected chi connectivity index (χ2v) is 3.11. The first-order valence-corrected chi connectivity index (χ1v) is 4.57. The first-order valence-electron chi connectivity index (χ1n) is 4.57. The fourth-order valence-electron chi connectivity index (χ4n) is 1.55. The average Bonchev–Trinajstić information content (AvgIpc) is 2.19. The predicted octanol–water partition coefficient (Wildman–Crippen LogP) is 0.299. The average molecular weight is 181 g/mol.